The first-order valence-corrected chi connectivity index (χ1v) is 10.7. The number of rotatable bonds is 4. The number of halogens is 1. The fourth-order valence-electron chi connectivity index (χ4n) is 3.38. The summed E-state index contributed by atoms with van der Waals surface area (Å²) in [7, 11) is 0. The number of nitrogens with zero attached hydrogens (tertiary/aromatic N) is 3. The van der Waals surface area contributed by atoms with Crippen molar-refractivity contribution in [3.05, 3.63) is 59.4 Å². The molecule has 3 N–H and O–H groups in total. The van der Waals surface area contributed by atoms with Crippen LogP contribution in [0.1, 0.15) is 18.4 Å². The summed E-state index contributed by atoms with van der Waals surface area (Å²) in [6.45, 7) is 1.25. The topological polar surface area (TPSA) is 112 Å². The number of nitrogens with one attached hydrogen (secondary N) is 3. The minimum Gasteiger partial charge on any atom is -0.449 e. The highest BCUT2D eigenvalue weighted by molar-refractivity contribution is 6.30. The van der Waals surface area contributed by atoms with Crippen molar-refractivity contribution in [2.24, 2.45) is 0 Å². The van der Waals surface area contributed by atoms with Crippen molar-refractivity contribution in [3.63, 3.8) is 0 Å². The molecule has 1 aliphatic rings. The molecule has 1 aromatic carbocycles. The van der Waals surface area contributed by atoms with Crippen molar-refractivity contribution in [1.82, 2.24) is 20.1 Å². The van der Waals surface area contributed by atoms with Gasteiger partial charge in [-0.15, -0.1) is 0 Å². The first kappa shape index (κ1) is 21.6. The highest BCUT2D eigenvalue weighted by Gasteiger charge is 2.18. The molecule has 0 unspecified atom stereocenters. The lowest BCUT2D eigenvalue weighted by Gasteiger charge is -2.24. The normalized spacial score (nSPS) is 14.5. The quantitative estimate of drug-likeness (QED) is 0.551. The largest absolute Gasteiger partial charge is 0.449 e. The Morgan fingerprint density at radius 1 is 1.22 bits per heavy atom. The first-order valence-electron chi connectivity index (χ1n) is 10.3. The van der Waals surface area contributed by atoms with E-state index in [0.29, 0.717) is 49.1 Å². The molecule has 10 heteroatoms. The van der Waals surface area contributed by atoms with E-state index in [1.54, 1.807) is 35.5 Å². The van der Waals surface area contributed by atoms with Crippen molar-refractivity contribution in [2.75, 3.05) is 30.3 Å². The van der Waals surface area contributed by atoms with Gasteiger partial charge in [0.25, 0.3) is 0 Å². The lowest BCUT2D eigenvalue weighted by molar-refractivity contribution is -0.130. The van der Waals surface area contributed by atoms with Crippen molar-refractivity contribution in [3.8, 4) is 11.3 Å². The lowest BCUT2D eigenvalue weighted by Crippen LogP contribution is -2.36. The Labute approximate surface area is 190 Å². The zero-order valence-corrected chi connectivity index (χ0v) is 18.1. The number of benzene rings is 1. The van der Waals surface area contributed by atoms with E-state index in [1.165, 1.54) is 0 Å². The molecule has 32 heavy (non-hydrogen) atoms. The fourth-order valence-corrected chi connectivity index (χ4v) is 3.58. The van der Waals surface area contributed by atoms with Gasteiger partial charge in [0.2, 0.25) is 5.91 Å². The van der Waals surface area contributed by atoms with Crippen LogP contribution in [0.25, 0.3) is 11.3 Å². The molecule has 0 spiro atoms. The summed E-state index contributed by atoms with van der Waals surface area (Å²) < 4.78 is 5.19. The highest BCUT2D eigenvalue weighted by Crippen LogP contribution is 2.24. The number of fused-ring (bicyclic) bond motifs is 1. The molecule has 166 valence electrons. The smallest absolute Gasteiger partial charge is 0.411 e. The molecule has 0 saturated carbocycles. The van der Waals surface area contributed by atoms with E-state index in [1.807, 2.05) is 18.2 Å². The van der Waals surface area contributed by atoms with Gasteiger partial charge in [0, 0.05) is 41.8 Å². The number of cyclic esters (lactones) is 1. The van der Waals surface area contributed by atoms with Crippen LogP contribution >= 0.6 is 11.6 Å². The predicted molar refractivity (Wildman–Crippen MR) is 121 cm³/mol. The Morgan fingerprint density at radius 2 is 2.12 bits per heavy atom. The van der Waals surface area contributed by atoms with Gasteiger partial charge >= 0.3 is 6.09 Å². The summed E-state index contributed by atoms with van der Waals surface area (Å²) in [5, 5.41) is 13.2. The number of carbonyl (C=O) groups excluding carboxylic acids is 2. The van der Waals surface area contributed by atoms with Crippen molar-refractivity contribution in [2.45, 2.75) is 19.4 Å². The molecule has 0 atom stereocenters. The molecule has 0 fully saturated rings. The summed E-state index contributed by atoms with van der Waals surface area (Å²) in [4.78, 5) is 31.1. The van der Waals surface area contributed by atoms with Crippen LogP contribution in [0.5, 0.6) is 0 Å². The average Bonchev–Trinajstić information content (AvgIpc) is 3.32. The van der Waals surface area contributed by atoms with E-state index in [2.05, 4.69) is 25.8 Å². The molecule has 9 nitrogen and oxygen atoms in total. The molecule has 2 aromatic heterocycles. The Balaban J connectivity index is 1.44. The molecule has 0 saturated heterocycles. The van der Waals surface area contributed by atoms with Crippen molar-refractivity contribution in [1.29, 1.82) is 0 Å². The van der Waals surface area contributed by atoms with Gasteiger partial charge in [-0.1, -0.05) is 11.6 Å². The zero-order chi connectivity index (χ0) is 22.3. The highest BCUT2D eigenvalue weighted by atomic mass is 35.5. The maximum Gasteiger partial charge on any atom is 0.411 e. The SMILES string of the molecule is O=C1Nc2ccc(Cl)cc2CN(C(=O)CNc2ccc(-c3ccn[nH]3)cn2)CCCCO1. The van der Waals surface area contributed by atoms with Gasteiger partial charge < -0.3 is 15.0 Å². The maximum atomic E-state index is 13.0. The van der Waals surface area contributed by atoms with Gasteiger partial charge in [0.15, 0.2) is 0 Å². The van der Waals surface area contributed by atoms with Gasteiger partial charge in [-0.3, -0.25) is 15.2 Å². The predicted octanol–water partition coefficient (Wildman–Crippen LogP) is 3.91. The van der Waals surface area contributed by atoms with Crippen LogP contribution in [0.2, 0.25) is 5.02 Å². The Hall–Kier alpha value is -3.59. The number of aromatic amines is 1. The molecule has 2 amide bonds. The monoisotopic (exact) mass is 454 g/mol. The number of aromatic nitrogens is 3. The second kappa shape index (κ2) is 10.1. The minimum atomic E-state index is -0.514. The first-order chi connectivity index (χ1) is 15.6. The van der Waals surface area contributed by atoms with Crippen molar-refractivity contribution < 1.29 is 14.3 Å². The molecule has 1 aliphatic heterocycles. The zero-order valence-electron chi connectivity index (χ0n) is 17.3. The molecule has 0 radical (unpaired) electrons. The number of carbonyl (C=O) groups is 2. The molecule has 0 bridgehead atoms. The number of hydrogen-bond acceptors (Lipinski definition) is 6. The fraction of sp³-hybridized carbons (Fsp3) is 0.273. The Bertz CT molecular complexity index is 1070. The van der Waals surface area contributed by atoms with Gasteiger partial charge in [0.1, 0.15) is 5.82 Å². The molecule has 0 aliphatic carbocycles. The molecule has 4 rings (SSSR count). The molecular weight excluding hydrogens is 432 g/mol. The van der Waals surface area contributed by atoms with E-state index in [0.717, 1.165) is 16.8 Å². The number of H-pyrrole nitrogens is 1. The van der Waals surface area contributed by atoms with Crippen LogP contribution in [-0.2, 0) is 16.1 Å². The second-order valence-corrected chi connectivity index (χ2v) is 7.78. The second-order valence-electron chi connectivity index (χ2n) is 7.34. The van der Waals surface area contributed by atoms with E-state index in [9.17, 15) is 9.59 Å². The Morgan fingerprint density at radius 3 is 2.91 bits per heavy atom. The number of ether oxygens (including phenoxy) is 1. The van der Waals surface area contributed by atoms with Crippen LogP contribution in [-0.4, -0.2) is 51.8 Å². The lowest BCUT2D eigenvalue weighted by atomic mass is 10.1. The summed E-state index contributed by atoms with van der Waals surface area (Å²) in [5.41, 5.74) is 3.09. The molecule has 3 heterocycles. The third kappa shape index (κ3) is 5.55. The third-order valence-corrected chi connectivity index (χ3v) is 5.30. The number of hydrogen-bond donors (Lipinski definition) is 3. The summed E-state index contributed by atoms with van der Waals surface area (Å²) in [6.07, 6.45) is 4.26. The third-order valence-electron chi connectivity index (χ3n) is 5.07. The van der Waals surface area contributed by atoms with E-state index in [-0.39, 0.29) is 12.5 Å². The van der Waals surface area contributed by atoms with Crippen LogP contribution < -0.4 is 10.6 Å². The summed E-state index contributed by atoms with van der Waals surface area (Å²) >= 11 is 6.16. The van der Waals surface area contributed by atoms with Crippen LogP contribution in [0.15, 0.2) is 48.8 Å². The standard InChI is InChI=1S/C22H23ClN6O3/c23-17-4-5-18-16(11-17)14-29(9-1-2-10-32-22(31)27-18)21(30)13-25-20-6-3-15(12-24-20)19-7-8-26-28-19/h3-8,11-12H,1-2,9-10,13-14H2,(H,24,25)(H,26,28)(H,27,31). The minimum absolute atomic E-state index is 0.0816. The number of amides is 2. The van der Waals surface area contributed by atoms with Crippen LogP contribution in [0, 0.1) is 0 Å². The van der Waals surface area contributed by atoms with E-state index >= 15 is 0 Å². The summed E-state index contributed by atoms with van der Waals surface area (Å²) in [5.74, 6) is 0.519. The van der Waals surface area contributed by atoms with Crippen LogP contribution in [0.4, 0.5) is 16.3 Å². The van der Waals surface area contributed by atoms with E-state index in [4.69, 9.17) is 16.3 Å². The van der Waals surface area contributed by atoms with Gasteiger partial charge in [-0.2, -0.15) is 5.10 Å². The van der Waals surface area contributed by atoms with Gasteiger partial charge in [0.05, 0.1) is 18.8 Å². The van der Waals surface area contributed by atoms with Crippen molar-refractivity contribution >= 4 is 35.1 Å². The Kier molecular flexibility index (Phi) is 6.86. The average molecular weight is 455 g/mol. The van der Waals surface area contributed by atoms with E-state index < -0.39 is 6.09 Å². The molecular formula is C22H23ClN6O3. The molecule has 3 aromatic rings. The van der Waals surface area contributed by atoms with Crippen LogP contribution in [0.3, 0.4) is 0 Å². The number of pyridine rings is 1. The maximum absolute atomic E-state index is 13.0. The number of anilines is 2. The summed E-state index contributed by atoms with van der Waals surface area (Å²) in [6, 6.07) is 10.7. The van der Waals surface area contributed by atoms with Gasteiger partial charge in [-0.05, 0) is 54.8 Å². The van der Waals surface area contributed by atoms with Gasteiger partial charge in [-0.25, -0.2) is 9.78 Å².